The standard InChI is InChI=1S/C18H30N4O7S3/c1-2-21-15-12-22(32(26,27)18-14(15)10-17(30-18)31(19,24)25)7-3-4-16(23)29-8-5-13-11-20-6-9-28-13/h10,13,15,20-21H,2-9,11-12H2,1H3,(H2,19,24,25)/t13?,15-/m0/s1. The van der Waals surface area contributed by atoms with Gasteiger partial charge in [-0.15, -0.1) is 11.3 Å². The molecule has 32 heavy (non-hydrogen) atoms. The van der Waals surface area contributed by atoms with Gasteiger partial charge < -0.3 is 20.1 Å². The maximum atomic E-state index is 13.1. The number of sulfonamides is 2. The summed E-state index contributed by atoms with van der Waals surface area (Å²) >= 11 is 0.656. The highest BCUT2D eigenvalue weighted by atomic mass is 32.3. The Morgan fingerprint density at radius 2 is 2.25 bits per heavy atom. The number of hydrogen-bond acceptors (Lipinski definition) is 10. The lowest BCUT2D eigenvalue weighted by Crippen LogP contribution is -2.43. The molecule has 1 fully saturated rings. The molecule has 1 unspecified atom stereocenters. The first kappa shape index (κ1) is 25.5. The summed E-state index contributed by atoms with van der Waals surface area (Å²) < 4.78 is 61.4. The summed E-state index contributed by atoms with van der Waals surface area (Å²) in [4.78, 5) is 12.0. The van der Waals surface area contributed by atoms with Crippen molar-refractivity contribution in [1.29, 1.82) is 0 Å². The van der Waals surface area contributed by atoms with Gasteiger partial charge in [-0.05, 0) is 19.0 Å². The van der Waals surface area contributed by atoms with Gasteiger partial charge in [0.25, 0.3) is 10.0 Å². The molecule has 2 aliphatic rings. The van der Waals surface area contributed by atoms with Gasteiger partial charge in [0.05, 0.1) is 19.3 Å². The summed E-state index contributed by atoms with van der Waals surface area (Å²) in [5.74, 6) is -0.389. The van der Waals surface area contributed by atoms with Gasteiger partial charge in [0.2, 0.25) is 10.0 Å². The van der Waals surface area contributed by atoms with Crippen LogP contribution in [0.25, 0.3) is 0 Å². The van der Waals surface area contributed by atoms with Gasteiger partial charge >= 0.3 is 5.97 Å². The lowest BCUT2D eigenvalue weighted by atomic mass is 10.1. The number of ether oxygens (including phenoxy) is 2. The molecule has 1 aromatic rings. The van der Waals surface area contributed by atoms with Crippen molar-refractivity contribution in [3.8, 4) is 0 Å². The topological polar surface area (TPSA) is 157 Å². The second-order valence-corrected chi connectivity index (χ2v) is 12.6. The summed E-state index contributed by atoms with van der Waals surface area (Å²) in [7, 11) is -7.90. The zero-order valence-electron chi connectivity index (χ0n) is 17.9. The molecule has 0 aliphatic carbocycles. The molecule has 2 atom stereocenters. The Bertz CT molecular complexity index is 1000. The zero-order valence-corrected chi connectivity index (χ0v) is 20.4. The molecule has 0 amide bonds. The minimum Gasteiger partial charge on any atom is -0.466 e. The van der Waals surface area contributed by atoms with Crippen LogP contribution >= 0.6 is 11.3 Å². The number of carbonyl (C=O) groups is 1. The number of thiophene rings is 1. The molecule has 3 heterocycles. The third kappa shape index (κ3) is 6.26. The van der Waals surface area contributed by atoms with E-state index in [9.17, 15) is 21.6 Å². The Kier molecular flexibility index (Phi) is 8.65. The quantitative estimate of drug-likeness (QED) is 0.361. The Balaban J connectivity index is 1.57. The SMILES string of the molecule is CCN[C@H]1CN(CCCC(=O)OCCC2CNCCO2)S(=O)(=O)c2sc(S(N)(=O)=O)cc21. The fraction of sp³-hybridized carbons (Fsp3) is 0.722. The number of nitrogens with one attached hydrogen (secondary N) is 2. The van der Waals surface area contributed by atoms with Crippen LogP contribution < -0.4 is 15.8 Å². The van der Waals surface area contributed by atoms with Crippen LogP contribution in [0.15, 0.2) is 14.5 Å². The highest BCUT2D eigenvalue weighted by molar-refractivity contribution is 7.94. The zero-order chi connectivity index (χ0) is 23.4. The molecule has 1 aromatic heterocycles. The number of carbonyl (C=O) groups excluding carboxylic acids is 1. The molecule has 3 rings (SSSR count). The van der Waals surface area contributed by atoms with Crippen molar-refractivity contribution in [2.24, 2.45) is 5.14 Å². The molecule has 182 valence electrons. The molecule has 0 saturated carbocycles. The van der Waals surface area contributed by atoms with E-state index in [4.69, 9.17) is 14.6 Å². The monoisotopic (exact) mass is 510 g/mol. The Morgan fingerprint density at radius 3 is 2.91 bits per heavy atom. The number of primary sulfonamides is 1. The van der Waals surface area contributed by atoms with Crippen LogP contribution in [-0.2, 0) is 34.3 Å². The maximum Gasteiger partial charge on any atom is 0.305 e. The summed E-state index contributed by atoms with van der Waals surface area (Å²) in [5, 5.41) is 11.6. The van der Waals surface area contributed by atoms with Crippen LogP contribution in [0.4, 0.5) is 0 Å². The van der Waals surface area contributed by atoms with Gasteiger partial charge in [0.15, 0.2) is 0 Å². The van der Waals surface area contributed by atoms with Crippen molar-refractivity contribution in [1.82, 2.24) is 14.9 Å². The molecule has 2 aliphatic heterocycles. The Hall–Kier alpha value is -1.13. The molecule has 1 saturated heterocycles. The minimum absolute atomic E-state index is 0.0256. The Labute approximate surface area is 192 Å². The van der Waals surface area contributed by atoms with Gasteiger partial charge in [0, 0.05) is 50.6 Å². The van der Waals surface area contributed by atoms with Crippen molar-refractivity contribution in [2.75, 3.05) is 45.9 Å². The van der Waals surface area contributed by atoms with E-state index in [1.54, 1.807) is 0 Å². The second-order valence-electron chi connectivity index (χ2n) is 7.64. The number of morpholine rings is 1. The molecule has 4 N–H and O–H groups in total. The molecule has 11 nitrogen and oxygen atoms in total. The van der Waals surface area contributed by atoms with Crippen molar-refractivity contribution >= 4 is 37.4 Å². The maximum absolute atomic E-state index is 13.1. The number of fused-ring (bicyclic) bond motifs is 1. The van der Waals surface area contributed by atoms with E-state index in [2.05, 4.69) is 10.6 Å². The summed E-state index contributed by atoms with van der Waals surface area (Å²) in [6, 6.07) is 0.974. The predicted octanol–water partition coefficient (Wildman–Crippen LogP) is -0.248. The van der Waals surface area contributed by atoms with Gasteiger partial charge in [-0.25, -0.2) is 22.0 Å². The van der Waals surface area contributed by atoms with Gasteiger partial charge in [-0.2, -0.15) is 4.31 Å². The molecular formula is C18H30N4O7S3. The number of esters is 1. The Morgan fingerprint density at radius 1 is 1.47 bits per heavy atom. The summed E-state index contributed by atoms with van der Waals surface area (Å²) in [6.45, 7) is 5.17. The summed E-state index contributed by atoms with van der Waals surface area (Å²) in [5.41, 5.74) is 0.413. The normalized spacial score (nSPS) is 23.6. The fourth-order valence-corrected chi connectivity index (χ4v) is 7.99. The van der Waals surface area contributed by atoms with Crippen molar-refractivity contribution < 1.29 is 31.1 Å². The van der Waals surface area contributed by atoms with E-state index in [0.29, 0.717) is 42.9 Å². The number of nitrogens with two attached hydrogens (primary N) is 1. The van der Waals surface area contributed by atoms with Crippen LogP contribution in [0.1, 0.15) is 37.8 Å². The van der Waals surface area contributed by atoms with Crippen molar-refractivity contribution in [2.45, 2.75) is 46.8 Å². The van der Waals surface area contributed by atoms with Crippen molar-refractivity contribution in [3.05, 3.63) is 11.6 Å². The van der Waals surface area contributed by atoms with E-state index in [0.717, 1.165) is 13.1 Å². The van der Waals surface area contributed by atoms with E-state index >= 15 is 0 Å². The third-order valence-electron chi connectivity index (χ3n) is 5.26. The van der Waals surface area contributed by atoms with Crippen LogP contribution in [0.2, 0.25) is 0 Å². The molecule has 14 heteroatoms. The first-order valence-electron chi connectivity index (χ1n) is 10.5. The molecule has 0 bridgehead atoms. The van der Waals surface area contributed by atoms with Crippen LogP contribution in [0.5, 0.6) is 0 Å². The highest BCUT2D eigenvalue weighted by Gasteiger charge is 2.39. The lowest BCUT2D eigenvalue weighted by molar-refractivity contribution is -0.144. The second kappa shape index (κ2) is 10.9. The minimum atomic E-state index is -4.01. The lowest BCUT2D eigenvalue weighted by Gasteiger charge is -2.32. The smallest absolute Gasteiger partial charge is 0.305 e. The number of nitrogens with zero attached hydrogens (tertiary/aromatic N) is 1. The average molecular weight is 511 g/mol. The summed E-state index contributed by atoms with van der Waals surface area (Å²) in [6.07, 6.45) is 1.01. The van der Waals surface area contributed by atoms with Crippen LogP contribution in [0.3, 0.4) is 0 Å². The highest BCUT2D eigenvalue weighted by Crippen LogP contribution is 2.39. The molecule has 0 aromatic carbocycles. The molecule has 0 radical (unpaired) electrons. The van der Waals surface area contributed by atoms with Crippen molar-refractivity contribution in [3.63, 3.8) is 0 Å². The van der Waals surface area contributed by atoms with Gasteiger partial charge in [0.1, 0.15) is 8.42 Å². The molecule has 0 spiro atoms. The molecular weight excluding hydrogens is 480 g/mol. The predicted molar refractivity (Wildman–Crippen MR) is 118 cm³/mol. The largest absolute Gasteiger partial charge is 0.466 e. The van der Waals surface area contributed by atoms with Gasteiger partial charge in [-0.3, -0.25) is 4.79 Å². The number of hydrogen-bond donors (Lipinski definition) is 3. The van der Waals surface area contributed by atoms with Crippen LogP contribution in [0, 0.1) is 0 Å². The first-order chi connectivity index (χ1) is 15.1. The van der Waals surface area contributed by atoms with E-state index in [1.165, 1.54) is 10.4 Å². The van der Waals surface area contributed by atoms with Crippen LogP contribution in [-0.4, -0.2) is 79.2 Å². The van der Waals surface area contributed by atoms with E-state index in [1.807, 2.05) is 6.92 Å². The van der Waals surface area contributed by atoms with Gasteiger partial charge in [-0.1, -0.05) is 6.92 Å². The number of rotatable bonds is 10. The van der Waals surface area contributed by atoms with E-state index in [-0.39, 0.29) is 52.7 Å². The number of likely N-dealkylation sites (N-methyl/N-ethyl adjacent to an activating group) is 1. The fourth-order valence-electron chi connectivity index (χ4n) is 3.68. The average Bonchev–Trinajstić information content (AvgIpc) is 3.20. The van der Waals surface area contributed by atoms with E-state index < -0.39 is 20.0 Å². The first-order valence-corrected chi connectivity index (χ1v) is 14.3. The third-order valence-corrected chi connectivity index (χ3v) is 10.2.